The molecule has 0 aliphatic carbocycles. The van der Waals surface area contributed by atoms with Crippen molar-refractivity contribution in [2.24, 2.45) is 5.73 Å². The van der Waals surface area contributed by atoms with Gasteiger partial charge in [0.25, 0.3) is 0 Å². The Kier molecular flexibility index (Phi) is 3.67. The molecular weight excluding hydrogens is 234 g/mol. The third kappa shape index (κ3) is 2.99. The van der Waals surface area contributed by atoms with E-state index in [2.05, 4.69) is 0 Å². The van der Waals surface area contributed by atoms with Gasteiger partial charge in [-0.1, -0.05) is 23.7 Å². The fourth-order valence-corrected chi connectivity index (χ4v) is 1.64. The summed E-state index contributed by atoms with van der Waals surface area (Å²) in [5, 5.41) is 0.699. The lowest BCUT2D eigenvalue weighted by atomic mass is 10.1. The molecule has 0 atom stereocenters. The van der Waals surface area contributed by atoms with Gasteiger partial charge < -0.3 is 10.5 Å². The Hall–Kier alpha value is -1.51. The molecule has 3 heteroatoms. The normalized spacial score (nSPS) is 10.3. The van der Waals surface area contributed by atoms with E-state index in [9.17, 15) is 0 Å². The van der Waals surface area contributed by atoms with Gasteiger partial charge in [0.15, 0.2) is 0 Å². The van der Waals surface area contributed by atoms with Crippen molar-refractivity contribution < 1.29 is 4.74 Å². The fraction of sp³-hybridized carbons (Fsp3) is 0.143. The fourth-order valence-electron chi connectivity index (χ4n) is 1.51. The zero-order valence-electron chi connectivity index (χ0n) is 9.61. The summed E-state index contributed by atoms with van der Waals surface area (Å²) in [5.74, 6) is 1.60. The van der Waals surface area contributed by atoms with E-state index in [1.54, 1.807) is 12.1 Å². The number of halogens is 1. The number of hydrogen-bond acceptors (Lipinski definition) is 2. The van der Waals surface area contributed by atoms with Crippen molar-refractivity contribution in [3.05, 3.63) is 58.6 Å². The summed E-state index contributed by atoms with van der Waals surface area (Å²) in [6.45, 7) is 2.52. The van der Waals surface area contributed by atoms with Gasteiger partial charge in [-0.15, -0.1) is 0 Å². The van der Waals surface area contributed by atoms with E-state index in [4.69, 9.17) is 22.1 Å². The minimum atomic E-state index is 0.511. The summed E-state index contributed by atoms with van der Waals surface area (Å²) in [7, 11) is 0. The van der Waals surface area contributed by atoms with E-state index in [1.807, 2.05) is 37.3 Å². The van der Waals surface area contributed by atoms with Gasteiger partial charge in [0.05, 0.1) is 0 Å². The minimum Gasteiger partial charge on any atom is -0.457 e. The second kappa shape index (κ2) is 5.21. The van der Waals surface area contributed by atoms with Crippen LogP contribution in [0, 0.1) is 6.92 Å². The molecule has 0 spiro atoms. The van der Waals surface area contributed by atoms with Gasteiger partial charge in [-0.05, 0) is 48.4 Å². The Balaban J connectivity index is 2.25. The Bertz CT molecular complexity index is 508. The lowest BCUT2D eigenvalue weighted by Gasteiger charge is -2.10. The number of nitrogens with two attached hydrogens (primary N) is 1. The van der Waals surface area contributed by atoms with Gasteiger partial charge in [-0.2, -0.15) is 0 Å². The van der Waals surface area contributed by atoms with Crippen LogP contribution in [0.4, 0.5) is 0 Å². The Labute approximate surface area is 106 Å². The molecule has 0 aliphatic heterocycles. The van der Waals surface area contributed by atoms with Crippen molar-refractivity contribution in [2.75, 3.05) is 0 Å². The third-order valence-electron chi connectivity index (χ3n) is 2.53. The van der Waals surface area contributed by atoms with Gasteiger partial charge in [0, 0.05) is 11.6 Å². The van der Waals surface area contributed by atoms with Crippen LogP contribution in [0.3, 0.4) is 0 Å². The van der Waals surface area contributed by atoms with Gasteiger partial charge in [-0.3, -0.25) is 0 Å². The van der Waals surface area contributed by atoms with Crippen molar-refractivity contribution in [1.29, 1.82) is 0 Å². The second-order valence-corrected chi connectivity index (χ2v) is 4.30. The molecule has 0 amide bonds. The number of benzene rings is 2. The highest BCUT2D eigenvalue weighted by Gasteiger charge is 2.02. The zero-order valence-corrected chi connectivity index (χ0v) is 10.4. The van der Waals surface area contributed by atoms with Crippen molar-refractivity contribution in [3.63, 3.8) is 0 Å². The first kappa shape index (κ1) is 12.0. The Morgan fingerprint density at radius 2 is 1.82 bits per heavy atom. The molecule has 0 aromatic heterocycles. The first-order chi connectivity index (χ1) is 8.19. The average molecular weight is 248 g/mol. The smallest absolute Gasteiger partial charge is 0.130 e. The van der Waals surface area contributed by atoms with Crippen LogP contribution in [0.25, 0.3) is 0 Å². The standard InChI is InChI=1S/C14H14ClNO/c1-10-2-3-11(9-16)8-14(10)17-13-6-4-12(15)5-7-13/h2-8H,9,16H2,1H3. The van der Waals surface area contributed by atoms with E-state index in [0.717, 1.165) is 22.6 Å². The van der Waals surface area contributed by atoms with Crippen LogP contribution in [-0.2, 0) is 6.54 Å². The third-order valence-corrected chi connectivity index (χ3v) is 2.78. The van der Waals surface area contributed by atoms with E-state index in [-0.39, 0.29) is 0 Å². The van der Waals surface area contributed by atoms with Crippen molar-refractivity contribution in [2.45, 2.75) is 13.5 Å². The molecule has 0 saturated heterocycles. The molecule has 0 heterocycles. The van der Waals surface area contributed by atoms with Gasteiger partial charge >= 0.3 is 0 Å². The summed E-state index contributed by atoms with van der Waals surface area (Å²) < 4.78 is 5.79. The van der Waals surface area contributed by atoms with E-state index in [1.165, 1.54) is 0 Å². The lowest BCUT2D eigenvalue weighted by Crippen LogP contribution is -1.97. The maximum absolute atomic E-state index is 5.82. The minimum absolute atomic E-state index is 0.511. The van der Waals surface area contributed by atoms with E-state index < -0.39 is 0 Å². The Morgan fingerprint density at radius 3 is 2.47 bits per heavy atom. The summed E-state index contributed by atoms with van der Waals surface area (Å²) in [5.41, 5.74) is 7.74. The maximum atomic E-state index is 5.82. The summed E-state index contributed by atoms with van der Waals surface area (Å²) in [6, 6.07) is 13.3. The number of hydrogen-bond donors (Lipinski definition) is 1. The predicted molar refractivity (Wildman–Crippen MR) is 70.6 cm³/mol. The molecule has 0 unspecified atom stereocenters. The first-order valence-electron chi connectivity index (χ1n) is 5.42. The molecular formula is C14H14ClNO. The SMILES string of the molecule is Cc1ccc(CN)cc1Oc1ccc(Cl)cc1. The summed E-state index contributed by atoms with van der Waals surface area (Å²) >= 11 is 5.82. The molecule has 0 radical (unpaired) electrons. The van der Waals surface area contributed by atoms with Gasteiger partial charge in [0.1, 0.15) is 11.5 Å². The van der Waals surface area contributed by atoms with Crippen LogP contribution in [-0.4, -0.2) is 0 Å². The maximum Gasteiger partial charge on any atom is 0.130 e. The highest BCUT2D eigenvalue weighted by atomic mass is 35.5. The molecule has 2 aromatic rings. The van der Waals surface area contributed by atoms with E-state index >= 15 is 0 Å². The molecule has 88 valence electrons. The molecule has 0 saturated carbocycles. The number of ether oxygens (including phenoxy) is 1. The molecule has 0 bridgehead atoms. The molecule has 2 nitrogen and oxygen atoms in total. The lowest BCUT2D eigenvalue weighted by molar-refractivity contribution is 0.478. The molecule has 2 N–H and O–H groups in total. The number of aryl methyl sites for hydroxylation is 1. The highest BCUT2D eigenvalue weighted by molar-refractivity contribution is 6.30. The average Bonchev–Trinajstić information content (AvgIpc) is 2.35. The van der Waals surface area contributed by atoms with Crippen LogP contribution in [0.5, 0.6) is 11.5 Å². The van der Waals surface area contributed by atoms with Crippen molar-refractivity contribution in [3.8, 4) is 11.5 Å². The topological polar surface area (TPSA) is 35.2 Å². The molecule has 17 heavy (non-hydrogen) atoms. The zero-order chi connectivity index (χ0) is 12.3. The van der Waals surface area contributed by atoms with Crippen LogP contribution in [0.1, 0.15) is 11.1 Å². The Morgan fingerprint density at radius 1 is 1.12 bits per heavy atom. The van der Waals surface area contributed by atoms with E-state index in [0.29, 0.717) is 11.6 Å². The van der Waals surface area contributed by atoms with Crippen molar-refractivity contribution >= 4 is 11.6 Å². The monoisotopic (exact) mass is 247 g/mol. The molecule has 2 rings (SSSR count). The van der Waals surface area contributed by atoms with Crippen molar-refractivity contribution in [1.82, 2.24) is 0 Å². The largest absolute Gasteiger partial charge is 0.457 e. The molecule has 0 fully saturated rings. The summed E-state index contributed by atoms with van der Waals surface area (Å²) in [6.07, 6.45) is 0. The quantitative estimate of drug-likeness (QED) is 0.893. The van der Waals surface area contributed by atoms with Gasteiger partial charge in [-0.25, -0.2) is 0 Å². The molecule has 0 aliphatic rings. The van der Waals surface area contributed by atoms with Crippen LogP contribution in [0.2, 0.25) is 5.02 Å². The predicted octanol–water partition coefficient (Wildman–Crippen LogP) is 3.90. The second-order valence-electron chi connectivity index (χ2n) is 3.86. The summed E-state index contributed by atoms with van der Waals surface area (Å²) in [4.78, 5) is 0. The first-order valence-corrected chi connectivity index (χ1v) is 5.80. The number of rotatable bonds is 3. The molecule has 2 aromatic carbocycles. The highest BCUT2D eigenvalue weighted by Crippen LogP contribution is 2.26. The van der Waals surface area contributed by atoms with Crippen LogP contribution < -0.4 is 10.5 Å². The van der Waals surface area contributed by atoms with Crippen LogP contribution >= 0.6 is 11.6 Å². The van der Waals surface area contributed by atoms with Crippen LogP contribution in [0.15, 0.2) is 42.5 Å². The van der Waals surface area contributed by atoms with Gasteiger partial charge in [0.2, 0.25) is 0 Å².